The van der Waals surface area contributed by atoms with Crippen molar-refractivity contribution in [1.82, 2.24) is 19.9 Å². The Morgan fingerprint density at radius 3 is 2.27 bits per heavy atom. The fourth-order valence-electron chi connectivity index (χ4n) is 6.37. The van der Waals surface area contributed by atoms with Gasteiger partial charge in [-0.25, -0.2) is 4.98 Å². The smallest absolute Gasteiger partial charge is 0.393 e. The predicted molar refractivity (Wildman–Crippen MR) is 162 cm³/mol. The molecule has 1 aromatic carbocycles. The summed E-state index contributed by atoms with van der Waals surface area (Å²) >= 11 is 0. The molecule has 2 aromatic heterocycles. The van der Waals surface area contributed by atoms with Crippen LogP contribution in [0.5, 0.6) is 0 Å². The van der Waals surface area contributed by atoms with E-state index in [0.29, 0.717) is 31.1 Å². The van der Waals surface area contributed by atoms with E-state index >= 15 is 0 Å². The molecule has 5 N–H and O–H groups in total. The number of nitrogens with one attached hydrogen (secondary N) is 2. The average molecular weight is 649 g/mol. The Balaban J connectivity index is 1.47. The second-order valence-corrected chi connectivity index (χ2v) is 13.6. The van der Waals surface area contributed by atoms with Crippen molar-refractivity contribution < 1.29 is 37.4 Å². The minimum absolute atomic E-state index is 0.137. The summed E-state index contributed by atoms with van der Waals surface area (Å²) in [4.78, 5) is 46.9. The molecule has 3 heterocycles. The molecule has 5 rings (SSSR count). The summed E-state index contributed by atoms with van der Waals surface area (Å²) in [5.41, 5.74) is 1.55. The van der Waals surface area contributed by atoms with E-state index in [0.717, 1.165) is 24.0 Å². The lowest BCUT2D eigenvalue weighted by Gasteiger charge is -2.31. The molecule has 1 aliphatic heterocycles. The van der Waals surface area contributed by atoms with Gasteiger partial charge in [-0.05, 0) is 73.8 Å². The standard InChI is InChI=1S/C30H36F3N6O5P/c1-4-29(5-2,45(42,43)44)24-13-8-18(14-34-24)36-28-35-15-22(30(31,32)33)26(38-28)37-23-12-11-20(17-6-9-19(40)10-7-17)21-16-39(3)27(41)25(21)23/h8,11-15,17,19,40H,4-7,9-10,16H2,1-3H3,(H2,42,43,44)(H2,35,36,37,38)/t17-,19-. The number of fused-ring (bicyclic) bond motifs is 1. The van der Waals surface area contributed by atoms with Crippen molar-refractivity contribution in [2.75, 3.05) is 17.7 Å². The largest absolute Gasteiger partial charge is 0.421 e. The summed E-state index contributed by atoms with van der Waals surface area (Å²) in [5, 5.41) is 14.0. The fourth-order valence-corrected chi connectivity index (χ4v) is 7.62. The molecular formula is C30H36F3N6O5P. The second kappa shape index (κ2) is 12.3. The Morgan fingerprint density at radius 1 is 1.00 bits per heavy atom. The maximum Gasteiger partial charge on any atom is 0.421 e. The lowest BCUT2D eigenvalue weighted by molar-refractivity contribution is -0.137. The van der Waals surface area contributed by atoms with Crippen LogP contribution in [0.1, 0.15) is 91.0 Å². The van der Waals surface area contributed by atoms with Crippen molar-refractivity contribution in [2.45, 2.75) is 82.3 Å². The van der Waals surface area contributed by atoms with Crippen molar-refractivity contribution in [3.05, 3.63) is 64.6 Å². The molecule has 1 fully saturated rings. The summed E-state index contributed by atoms with van der Waals surface area (Å²) in [6.45, 7) is 3.65. The number of aromatic nitrogens is 3. The normalized spacial score (nSPS) is 19.0. The molecule has 11 nitrogen and oxygen atoms in total. The monoisotopic (exact) mass is 648 g/mol. The first-order valence-electron chi connectivity index (χ1n) is 14.8. The van der Waals surface area contributed by atoms with E-state index in [9.17, 15) is 37.4 Å². The molecule has 0 bridgehead atoms. The Morgan fingerprint density at radius 2 is 1.69 bits per heavy atom. The first-order chi connectivity index (χ1) is 21.2. The number of benzene rings is 1. The Labute approximate surface area is 258 Å². The van der Waals surface area contributed by atoms with Gasteiger partial charge < -0.3 is 30.4 Å². The van der Waals surface area contributed by atoms with Gasteiger partial charge >= 0.3 is 13.8 Å². The minimum Gasteiger partial charge on any atom is -0.393 e. The zero-order valence-corrected chi connectivity index (χ0v) is 26.0. The lowest BCUT2D eigenvalue weighted by atomic mass is 9.80. The van der Waals surface area contributed by atoms with Crippen molar-refractivity contribution in [3.8, 4) is 0 Å². The van der Waals surface area contributed by atoms with Crippen LogP contribution >= 0.6 is 7.60 Å². The summed E-state index contributed by atoms with van der Waals surface area (Å²) in [6.07, 6.45) is -0.0990. The van der Waals surface area contributed by atoms with Crippen LogP contribution in [0.25, 0.3) is 0 Å². The van der Waals surface area contributed by atoms with E-state index in [-0.39, 0.29) is 53.8 Å². The second-order valence-electron chi connectivity index (χ2n) is 11.6. The van der Waals surface area contributed by atoms with Crippen LogP contribution < -0.4 is 10.6 Å². The molecule has 0 atom stereocenters. The number of aliphatic hydroxyl groups excluding tert-OH is 1. The molecular weight excluding hydrogens is 612 g/mol. The number of halogens is 3. The molecule has 1 aliphatic carbocycles. The highest BCUT2D eigenvalue weighted by molar-refractivity contribution is 7.53. The highest BCUT2D eigenvalue weighted by Gasteiger charge is 2.46. The van der Waals surface area contributed by atoms with Gasteiger partial charge in [-0.15, -0.1) is 0 Å². The molecule has 15 heteroatoms. The summed E-state index contributed by atoms with van der Waals surface area (Å²) < 4.78 is 54.5. The van der Waals surface area contributed by atoms with Crippen LogP contribution in [-0.2, 0) is 22.4 Å². The van der Waals surface area contributed by atoms with Gasteiger partial charge in [-0.3, -0.25) is 14.3 Å². The Bertz CT molecular complexity index is 1620. The maximum atomic E-state index is 14.1. The first-order valence-corrected chi connectivity index (χ1v) is 16.4. The third-order valence-electron chi connectivity index (χ3n) is 9.01. The van der Waals surface area contributed by atoms with Gasteiger partial charge in [0.05, 0.1) is 34.9 Å². The number of rotatable bonds is 9. The maximum absolute atomic E-state index is 14.1. The van der Waals surface area contributed by atoms with Gasteiger partial charge in [0.2, 0.25) is 5.95 Å². The number of pyridine rings is 1. The van der Waals surface area contributed by atoms with Crippen molar-refractivity contribution in [1.29, 1.82) is 0 Å². The van der Waals surface area contributed by atoms with E-state index in [1.54, 1.807) is 27.0 Å². The molecule has 0 radical (unpaired) electrons. The zero-order chi connectivity index (χ0) is 32.7. The molecule has 0 saturated heterocycles. The Kier molecular flexibility index (Phi) is 8.98. The molecule has 0 unspecified atom stereocenters. The topological polar surface area (TPSA) is 161 Å². The predicted octanol–water partition coefficient (Wildman–Crippen LogP) is 6.17. The number of carbonyl (C=O) groups is 1. The van der Waals surface area contributed by atoms with Crippen molar-refractivity contribution in [2.24, 2.45) is 0 Å². The average Bonchev–Trinajstić information content (AvgIpc) is 3.28. The van der Waals surface area contributed by atoms with E-state index in [4.69, 9.17) is 0 Å². The van der Waals surface area contributed by atoms with Gasteiger partial charge in [0.15, 0.2) is 0 Å². The van der Waals surface area contributed by atoms with Crippen LogP contribution in [0.3, 0.4) is 0 Å². The van der Waals surface area contributed by atoms with E-state index in [2.05, 4.69) is 25.6 Å². The highest BCUT2D eigenvalue weighted by atomic mass is 31.2. The van der Waals surface area contributed by atoms with Crippen molar-refractivity contribution in [3.63, 3.8) is 0 Å². The highest BCUT2D eigenvalue weighted by Crippen LogP contribution is 2.60. The molecule has 0 spiro atoms. The molecule has 45 heavy (non-hydrogen) atoms. The Hall–Kier alpha value is -3.58. The van der Waals surface area contributed by atoms with Gasteiger partial charge in [0, 0.05) is 19.8 Å². The number of hydrogen-bond acceptors (Lipinski definition) is 8. The SMILES string of the molecule is CCC(CC)(c1ccc(Nc2ncc(C(F)(F)F)c(Nc3ccc([C@H]4CC[C@H](O)CC4)c4c3C(=O)N(C)C4)n2)cn1)P(=O)(O)O. The zero-order valence-electron chi connectivity index (χ0n) is 25.1. The molecule has 3 aromatic rings. The van der Waals surface area contributed by atoms with Crippen LogP contribution in [0.2, 0.25) is 0 Å². The number of anilines is 4. The van der Waals surface area contributed by atoms with Crippen molar-refractivity contribution >= 4 is 36.6 Å². The van der Waals surface area contributed by atoms with Gasteiger partial charge in [0.1, 0.15) is 16.5 Å². The quantitative estimate of drug-likeness (QED) is 0.170. The molecule has 242 valence electrons. The third-order valence-corrected chi connectivity index (χ3v) is 11.0. The van der Waals surface area contributed by atoms with Crippen LogP contribution in [0.15, 0.2) is 36.7 Å². The minimum atomic E-state index is -4.80. The number of nitrogens with zero attached hydrogens (tertiary/aromatic N) is 4. The van der Waals surface area contributed by atoms with Gasteiger partial charge in [-0.1, -0.05) is 19.9 Å². The van der Waals surface area contributed by atoms with Crippen LogP contribution in [0.4, 0.5) is 36.3 Å². The number of aliphatic hydroxyl groups is 1. The summed E-state index contributed by atoms with van der Waals surface area (Å²) in [6, 6.07) is 6.39. The van der Waals surface area contributed by atoms with Crippen LogP contribution in [-0.4, -0.2) is 53.8 Å². The van der Waals surface area contributed by atoms with E-state index < -0.39 is 30.3 Å². The summed E-state index contributed by atoms with van der Waals surface area (Å²) in [5.74, 6) is -0.926. The summed E-state index contributed by atoms with van der Waals surface area (Å²) in [7, 11) is -2.92. The number of alkyl halides is 3. The number of hydrogen-bond donors (Lipinski definition) is 5. The molecule has 2 aliphatic rings. The molecule has 1 amide bonds. The van der Waals surface area contributed by atoms with E-state index in [1.165, 1.54) is 23.2 Å². The van der Waals surface area contributed by atoms with Gasteiger partial charge in [-0.2, -0.15) is 18.2 Å². The van der Waals surface area contributed by atoms with E-state index in [1.807, 2.05) is 6.07 Å². The molecule has 1 saturated carbocycles. The third kappa shape index (κ3) is 6.29. The number of carbonyl (C=O) groups excluding carboxylic acids is 1. The first kappa shape index (κ1) is 32.8. The van der Waals surface area contributed by atoms with Crippen LogP contribution in [0, 0.1) is 0 Å². The number of amides is 1. The lowest BCUT2D eigenvalue weighted by Crippen LogP contribution is -2.25. The fraction of sp³-hybridized carbons (Fsp3) is 0.467. The van der Waals surface area contributed by atoms with Gasteiger partial charge in [0.25, 0.3) is 5.91 Å².